The summed E-state index contributed by atoms with van der Waals surface area (Å²) in [6, 6.07) is 0. The first-order valence-electron chi connectivity index (χ1n) is 5.06. The number of piperazine rings is 1. The van der Waals surface area contributed by atoms with Crippen LogP contribution in [0.5, 0.6) is 0 Å². The molecule has 1 N–H and O–H groups in total. The van der Waals surface area contributed by atoms with Gasteiger partial charge in [0, 0.05) is 26.2 Å². The zero-order valence-electron chi connectivity index (χ0n) is 9.70. The summed E-state index contributed by atoms with van der Waals surface area (Å²) in [4.78, 5) is 14.8. The van der Waals surface area contributed by atoms with Crippen molar-refractivity contribution in [3.8, 4) is 0 Å². The van der Waals surface area contributed by atoms with E-state index in [1.165, 1.54) is 0 Å². The van der Waals surface area contributed by atoms with Crippen molar-refractivity contribution in [2.75, 3.05) is 46.3 Å². The molecular formula is C9H19Cl2F2N3O. The predicted octanol–water partition coefficient (Wildman–Crippen LogP) is 0.459. The standard InChI is InChI=1S/C9H17F2N3O.2ClH/c1-12-6-9(15)14-4-2-13(3-5-14)7-8(10)11;;/h8,12H,2-7H2,1H3;2*1H. The Morgan fingerprint density at radius 3 is 2.18 bits per heavy atom. The highest BCUT2D eigenvalue weighted by molar-refractivity contribution is 5.85. The van der Waals surface area contributed by atoms with Crippen LogP contribution in [-0.4, -0.2) is 68.4 Å². The highest BCUT2D eigenvalue weighted by Gasteiger charge is 2.21. The van der Waals surface area contributed by atoms with Gasteiger partial charge in [-0.3, -0.25) is 9.69 Å². The van der Waals surface area contributed by atoms with Crippen molar-refractivity contribution in [2.24, 2.45) is 0 Å². The third-order valence-electron chi connectivity index (χ3n) is 2.45. The molecule has 104 valence electrons. The van der Waals surface area contributed by atoms with E-state index in [-0.39, 0.29) is 37.3 Å². The average Bonchev–Trinajstić information content (AvgIpc) is 2.18. The highest BCUT2D eigenvalue weighted by atomic mass is 35.5. The van der Waals surface area contributed by atoms with Crippen molar-refractivity contribution >= 4 is 30.7 Å². The van der Waals surface area contributed by atoms with Crippen molar-refractivity contribution in [1.29, 1.82) is 0 Å². The van der Waals surface area contributed by atoms with Crippen molar-refractivity contribution < 1.29 is 13.6 Å². The Bertz CT molecular complexity index is 214. The maximum Gasteiger partial charge on any atom is 0.251 e. The van der Waals surface area contributed by atoms with Gasteiger partial charge >= 0.3 is 0 Å². The fourth-order valence-electron chi connectivity index (χ4n) is 1.64. The van der Waals surface area contributed by atoms with Crippen molar-refractivity contribution in [3.05, 3.63) is 0 Å². The molecule has 17 heavy (non-hydrogen) atoms. The molecule has 1 amide bonds. The molecule has 0 radical (unpaired) electrons. The van der Waals surface area contributed by atoms with E-state index >= 15 is 0 Å². The van der Waals surface area contributed by atoms with Gasteiger partial charge in [0.15, 0.2) is 0 Å². The van der Waals surface area contributed by atoms with Crippen LogP contribution in [0.15, 0.2) is 0 Å². The largest absolute Gasteiger partial charge is 0.339 e. The minimum absolute atomic E-state index is 0. The number of carbonyl (C=O) groups excluding carboxylic acids is 1. The smallest absolute Gasteiger partial charge is 0.251 e. The highest BCUT2D eigenvalue weighted by Crippen LogP contribution is 2.04. The lowest BCUT2D eigenvalue weighted by Gasteiger charge is -2.34. The average molecular weight is 294 g/mol. The van der Waals surface area contributed by atoms with E-state index in [0.29, 0.717) is 32.7 Å². The maximum absolute atomic E-state index is 12.1. The summed E-state index contributed by atoms with van der Waals surface area (Å²) in [7, 11) is 1.71. The van der Waals surface area contributed by atoms with Crippen LogP contribution >= 0.6 is 24.8 Å². The van der Waals surface area contributed by atoms with Gasteiger partial charge in [-0.2, -0.15) is 0 Å². The van der Waals surface area contributed by atoms with Crippen LogP contribution in [0.4, 0.5) is 8.78 Å². The Morgan fingerprint density at radius 2 is 1.76 bits per heavy atom. The molecule has 0 aromatic heterocycles. The summed E-state index contributed by atoms with van der Waals surface area (Å²) in [6.07, 6.45) is -2.29. The van der Waals surface area contributed by atoms with Crippen LogP contribution in [0.25, 0.3) is 0 Å². The van der Waals surface area contributed by atoms with E-state index in [0.717, 1.165) is 0 Å². The van der Waals surface area contributed by atoms with E-state index in [9.17, 15) is 13.6 Å². The van der Waals surface area contributed by atoms with Gasteiger partial charge in [0.05, 0.1) is 13.1 Å². The molecule has 0 bridgehead atoms. The Morgan fingerprint density at radius 1 is 1.24 bits per heavy atom. The van der Waals surface area contributed by atoms with E-state index in [2.05, 4.69) is 5.32 Å². The first kappa shape index (κ1) is 19.2. The van der Waals surface area contributed by atoms with Gasteiger partial charge in [0.25, 0.3) is 6.43 Å². The van der Waals surface area contributed by atoms with Crippen LogP contribution in [0.2, 0.25) is 0 Å². The molecule has 0 unspecified atom stereocenters. The molecule has 4 nitrogen and oxygen atoms in total. The molecule has 8 heteroatoms. The van der Waals surface area contributed by atoms with Crippen LogP contribution in [-0.2, 0) is 4.79 Å². The molecule has 0 aromatic carbocycles. The number of hydrogen-bond donors (Lipinski definition) is 1. The molecule has 0 aromatic rings. The Hall–Kier alpha value is -0.170. The normalized spacial score (nSPS) is 16.4. The van der Waals surface area contributed by atoms with Crippen LogP contribution in [0.1, 0.15) is 0 Å². The monoisotopic (exact) mass is 293 g/mol. The number of nitrogens with zero attached hydrogens (tertiary/aromatic N) is 2. The lowest BCUT2D eigenvalue weighted by molar-refractivity contribution is -0.132. The molecule has 1 rings (SSSR count). The summed E-state index contributed by atoms with van der Waals surface area (Å²) in [5.74, 6) is 0.0363. The number of carbonyl (C=O) groups is 1. The molecule has 1 saturated heterocycles. The second-order valence-electron chi connectivity index (χ2n) is 3.60. The fraction of sp³-hybridized carbons (Fsp3) is 0.889. The summed E-state index contributed by atoms with van der Waals surface area (Å²) >= 11 is 0. The van der Waals surface area contributed by atoms with Crippen LogP contribution in [0.3, 0.4) is 0 Å². The Kier molecular flexibility index (Phi) is 11.1. The van der Waals surface area contributed by atoms with Crippen LogP contribution < -0.4 is 5.32 Å². The Balaban J connectivity index is 0. The van der Waals surface area contributed by atoms with Crippen LogP contribution in [0, 0.1) is 0 Å². The topological polar surface area (TPSA) is 35.6 Å². The summed E-state index contributed by atoms with van der Waals surface area (Å²) < 4.78 is 24.1. The number of hydrogen-bond acceptors (Lipinski definition) is 3. The number of alkyl halides is 2. The second-order valence-corrected chi connectivity index (χ2v) is 3.60. The summed E-state index contributed by atoms with van der Waals surface area (Å²) in [6.45, 7) is 2.31. The number of halogens is 4. The number of likely N-dealkylation sites (N-methyl/N-ethyl adjacent to an activating group) is 1. The van der Waals surface area contributed by atoms with Gasteiger partial charge in [0.2, 0.25) is 5.91 Å². The zero-order chi connectivity index (χ0) is 11.3. The second kappa shape index (κ2) is 9.82. The van der Waals surface area contributed by atoms with Crippen molar-refractivity contribution in [3.63, 3.8) is 0 Å². The first-order chi connectivity index (χ1) is 7.13. The lowest BCUT2D eigenvalue weighted by Crippen LogP contribution is -2.51. The van der Waals surface area contributed by atoms with E-state index in [1.807, 2.05) is 0 Å². The SMILES string of the molecule is CNCC(=O)N1CCN(CC(F)F)CC1.Cl.Cl. The molecule has 0 aliphatic carbocycles. The number of rotatable bonds is 4. The van der Waals surface area contributed by atoms with E-state index < -0.39 is 6.43 Å². The van der Waals surface area contributed by atoms with Crippen molar-refractivity contribution in [1.82, 2.24) is 15.1 Å². The van der Waals surface area contributed by atoms with Gasteiger partial charge in [-0.15, -0.1) is 24.8 Å². The van der Waals surface area contributed by atoms with E-state index in [1.54, 1.807) is 16.8 Å². The molecular weight excluding hydrogens is 275 g/mol. The number of nitrogens with one attached hydrogen (secondary N) is 1. The fourth-order valence-corrected chi connectivity index (χ4v) is 1.64. The van der Waals surface area contributed by atoms with Gasteiger partial charge in [-0.1, -0.05) is 0 Å². The van der Waals surface area contributed by atoms with Crippen molar-refractivity contribution in [2.45, 2.75) is 6.43 Å². The van der Waals surface area contributed by atoms with Gasteiger partial charge < -0.3 is 10.2 Å². The van der Waals surface area contributed by atoms with E-state index in [4.69, 9.17) is 0 Å². The van der Waals surface area contributed by atoms with Gasteiger partial charge in [-0.25, -0.2) is 8.78 Å². The quantitative estimate of drug-likeness (QED) is 0.818. The van der Waals surface area contributed by atoms with Gasteiger partial charge in [0.1, 0.15) is 0 Å². The third-order valence-corrected chi connectivity index (χ3v) is 2.45. The molecule has 1 aliphatic rings. The summed E-state index contributed by atoms with van der Waals surface area (Å²) in [5.41, 5.74) is 0. The Labute approximate surface area is 113 Å². The first-order valence-corrected chi connectivity index (χ1v) is 5.06. The molecule has 0 saturated carbocycles. The molecule has 0 atom stereocenters. The lowest BCUT2D eigenvalue weighted by atomic mass is 10.3. The minimum atomic E-state index is -2.29. The molecule has 1 fully saturated rings. The number of amides is 1. The third kappa shape index (κ3) is 6.98. The maximum atomic E-state index is 12.1. The predicted molar refractivity (Wildman–Crippen MR) is 67.4 cm³/mol. The molecule has 1 aliphatic heterocycles. The van der Waals surface area contributed by atoms with Gasteiger partial charge in [-0.05, 0) is 7.05 Å². The zero-order valence-corrected chi connectivity index (χ0v) is 11.3. The molecule has 0 spiro atoms. The minimum Gasteiger partial charge on any atom is -0.339 e. The summed E-state index contributed by atoms with van der Waals surface area (Å²) in [5, 5.41) is 2.78. The molecule has 1 heterocycles.